The van der Waals surface area contributed by atoms with Gasteiger partial charge in [0.25, 0.3) is 0 Å². The maximum Gasteiger partial charge on any atom is 0.331 e. The highest BCUT2D eigenvalue weighted by Gasteiger charge is 2.22. The van der Waals surface area contributed by atoms with Gasteiger partial charge in [-0.2, -0.15) is 0 Å². The average molecular weight is 290 g/mol. The summed E-state index contributed by atoms with van der Waals surface area (Å²) < 4.78 is 0. The Bertz CT molecular complexity index is 593. The van der Waals surface area contributed by atoms with Crippen molar-refractivity contribution < 1.29 is 14.7 Å². The summed E-state index contributed by atoms with van der Waals surface area (Å²) in [6.07, 6.45) is 0. The second-order valence-electron chi connectivity index (χ2n) is 4.25. The minimum atomic E-state index is -1.09. The number of hydrogen-bond acceptors (Lipinski definition) is 3. The summed E-state index contributed by atoms with van der Waals surface area (Å²) in [7, 11) is 0. The lowest BCUT2D eigenvalue weighted by molar-refractivity contribution is -0.139. The Morgan fingerprint density at radius 1 is 1.20 bits per heavy atom. The zero-order valence-electron chi connectivity index (χ0n) is 10.8. The number of carboxylic acid groups (broad SMARTS) is 1. The predicted molar refractivity (Wildman–Crippen MR) is 78.0 cm³/mol. The van der Waals surface area contributed by atoms with Crippen molar-refractivity contribution in [2.45, 2.75) is 13.0 Å². The highest BCUT2D eigenvalue weighted by molar-refractivity contribution is 7.10. The van der Waals surface area contributed by atoms with Crippen LogP contribution in [0.4, 0.5) is 10.5 Å². The zero-order valence-corrected chi connectivity index (χ0v) is 11.6. The summed E-state index contributed by atoms with van der Waals surface area (Å²) in [5.41, 5.74) is 1.70. The number of carboxylic acids is 1. The Morgan fingerprint density at radius 2 is 1.90 bits per heavy atom. The molecule has 2 aromatic rings. The lowest BCUT2D eigenvalue weighted by atomic mass is 10.2. The normalized spacial score (nSPS) is 11.7. The molecule has 1 aromatic heterocycles. The number of urea groups is 1. The number of aliphatic carboxylic acids is 1. The van der Waals surface area contributed by atoms with Crippen LogP contribution in [0.3, 0.4) is 0 Å². The highest BCUT2D eigenvalue weighted by atomic mass is 32.1. The lowest BCUT2D eigenvalue weighted by Gasteiger charge is -2.13. The number of anilines is 1. The molecule has 1 aromatic carbocycles. The van der Waals surface area contributed by atoms with Gasteiger partial charge in [-0.3, -0.25) is 0 Å². The lowest BCUT2D eigenvalue weighted by Crippen LogP contribution is -2.36. The van der Waals surface area contributed by atoms with E-state index in [4.69, 9.17) is 5.11 Å². The first kappa shape index (κ1) is 14.1. The van der Waals surface area contributed by atoms with Crippen LogP contribution in [0.2, 0.25) is 0 Å². The quantitative estimate of drug-likeness (QED) is 0.810. The molecule has 0 spiro atoms. The van der Waals surface area contributed by atoms with Crippen molar-refractivity contribution >= 4 is 29.0 Å². The number of thiophene rings is 1. The van der Waals surface area contributed by atoms with Gasteiger partial charge < -0.3 is 15.7 Å². The summed E-state index contributed by atoms with van der Waals surface area (Å²) >= 11 is 1.29. The van der Waals surface area contributed by atoms with Gasteiger partial charge in [0.2, 0.25) is 0 Å². The van der Waals surface area contributed by atoms with E-state index in [0.717, 1.165) is 5.56 Å². The molecule has 0 radical (unpaired) electrons. The molecule has 0 bridgehead atoms. The van der Waals surface area contributed by atoms with Crippen LogP contribution in [-0.4, -0.2) is 17.1 Å². The molecule has 20 heavy (non-hydrogen) atoms. The van der Waals surface area contributed by atoms with Gasteiger partial charge in [0.1, 0.15) is 0 Å². The number of hydrogen-bond donors (Lipinski definition) is 3. The minimum absolute atomic E-state index is 0.547. The molecular weight excluding hydrogens is 276 g/mol. The number of carbonyl (C=O) groups excluding carboxylic acids is 1. The average Bonchev–Trinajstić information content (AvgIpc) is 2.92. The topological polar surface area (TPSA) is 78.4 Å². The van der Waals surface area contributed by atoms with Gasteiger partial charge in [-0.1, -0.05) is 23.8 Å². The third-order valence-corrected chi connectivity index (χ3v) is 3.60. The molecule has 6 heteroatoms. The Morgan fingerprint density at radius 3 is 2.45 bits per heavy atom. The molecule has 1 heterocycles. The predicted octanol–water partition coefficient (Wildman–Crippen LogP) is 3.00. The van der Waals surface area contributed by atoms with Gasteiger partial charge in [-0.05, 0) is 30.5 Å². The Kier molecular flexibility index (Phi) is 4.37. The van der Waals surface area contributed by atoms with Crippen LogP contribution in [0.1, 0.15) is 16.5 Å². The van der Waals surface area contributed by atoms with E-state index in [1.54, 1.807) is 29.6 Å². The van der Waals surface area contributed by atoms with E-state index in [2.05, 4.69) is 10.6 Å². The van der Waals surface area contributed by atoms with Crippen molar-refractivity contribution in [2.24, 2.45) is 0 Å². The van der Waals surface area contributed by atoms with E-state index in [-0.39, 0.29) is 0 Å². The van der Waals surface area contributed by atoms with E-state index in [1.807, 2.05) is 19.1 Å². The number of nitrogens with one attached hydrogen (secondary N) is 2. The van der Waals surface area contributed by atoms with Crippen molar-refractivity contribution in [3.05, 3.63) is 52.2 Å². The van der Waals surface area contributed by atoms with Gasteiger partial charge >= 0.3 is 12.0 Å². The largest absolute Gasteiger partial charge is 0.479 e. The monoisotopic (exact) mass is 290 g/mol. The molecule has 0 aliphatic rings. The minimum Gasteiger partial charge on any atom is -0.479 e. The third-order valence-electron chi connectivity index (χ3n) is 2.66. The molecule has 104 valence electrons. The van der Waals surface area contributed by atoms with Gasteiger partial charge in [0.15, 0.2) is 6.04 Å². The standard InChI is InChI=1S/C14H14N2O3S/c1-9-4-6-10(7-5-9)15-14(19)16-12(13(17)18)11-3-2-8-20-11/h2-8,12H,1H3,(H,17,18)(H2,15,16,19). The first-order chi connectivity index (χ1) is 9.56. The van der Waals surface area contributed by atoms with E-state index in [0.29, 0.717) is 10.6 Å². The first-order valence-electron chi connectivity index (χ1n) is 5.96. The van der Waals surface area contributed by atoms with Gasteiger partial charge in [0, 0.05) is 10.6 Å². The van der Waals surface area contributed by atoms with Crippen LogP contribution in [-0.2, 0) is 4.79 Å². The summed E-state index contributed by atoms with van der Waals surface area (Å²) in [5.74, 6) is -1.09. The number of rotatable bonds is 4. The number of benzene rings is 1. The molecular formula is C14H14N2O3S. The SMILES string of the molecule is Cc1ccc(NC(=O)NC(C(=O)O)c2cccs2)cc1. The van der Waals surface area contributed by atoms with Crippen molar-refractivity contribution in [1.82, 2.24) is 5.32 Å². The number of carbonyl (C=O) groups is 2. The Labute approximate surface area is 120 Å². The van der Waals surface area contributed by atoms with Crippen LogP contribution >= 0.6 is 11.3 Å². The highest BCUT2D eigenvalue weighted by Crippen LogP contribution is 2.19. The maximum atomic E-state index is 11.8. The fraction of sp³-hybridized carbons (Fsp3) is 0.143. The summed E-state index contributed by atoms with van der Waals surface area (Å²) in [6.45, 7) is 1.95. The molecule has 0 aliphatic carbocycles. The van der Waals surface area contributed by atoms with Gasteiger partial charge in [-0.15, -0.1) is 11.3 Å². The third kappa shape index (κ3) is 3.58. The molecule has 2 amide bonds. The van der Waals surface area contributed by atoms with E-state index in [9.17, 15) is 9.59 Å². The molecule has 1 atom stereocenters. The van der Waals surface area contributed by atoms with Crippen molar-refractivity contribution in [1.29, 1.82) is 0 Å². The smallest absolute Gasteiger partial charge is 0.331 e. The molecule has 2 rings (SSSR count). The molecule has 0 fully saturated rings. The second kappa shape index (κ2) is 6.21. The molecule has 0 saturated heterocycles. The van der Waals surface area contributed by atoms with Crippen LogP contribution in [0, 0.1) is 6.92 Å². The Hall–Kier alpha value is -2.34. The fourth-order valence-corrected chi connectivity index (χ4v) is 2.41. The molecule has 3 N–H and O–H groups in total. The second-order valence-corrected chi connectivity index (χ2v) is 5.23. The first-order valence-corrected chi connectivity index (χ1v) is 6.84. The van der Waals surface area contributed by atoms with Crippen LogP contribution in [0.5, 0.6) is 0 Å². The Balaban J connectivity index is 2.02. The fourth-order valence-electron chi connectivity index (χ4n) is 1.65. The van der Waals surface area contributed by atoms with Crippen LogP contribution in [0.15, 0.2) is 41.8 Å². The maximum absolute atomic E-state index is 11.8. The van der Waals surface area contributed by atoms with Crippen LogP contribution in [0.25, 0.3) is 0 Å². The van der Waals surface area contributed by atoms with Crippen molar-refractivity contribution in [2.75, 3.05) is 5.32 Å². The van der Waals surface area contributed by atoms with Gasteiger partial charge in [0.05, 0.1) is 0 Å². The zero-order chi connectivity index (χ0) is 14.5. The molecule has 5 nitrogen and oxygen atoms in total. The molecule has 0 aliphatic heterocycles. The van der Waals surface area contributed by atoms with Crippen molar-refractivity contribution in [3.63, 3.8) is 0 Å². The summed E-state index contributed by atoms with van der Waals surface area (Å²) in [6, 6.07) is 9.08. The van der Waals surface area contributed by atoms with Crippen molar-refractivity contribution in [3.8, 4) is 0 Å². The summed E-state index contributed by atoms with van der Waals surface area (Å²) in [4.78, 5) is 23.6. The molecule has 0 saturated carbocycles. The van der Waals surface area contributed by atoms with E-state index in [1.165, 1.54) is 11.3 Å². The van der Waals surface area contributed by atoms with E-state index < -0.39 is 18.0 Å². The summed E-state index contributed by atoms with van der Waals surface area (Å²) in [5, 5.41) is 16.0. The number of amides is 2. The van der Waals surface area contributed by atoms with E-state index >= 15 is 0 Å². The van der Waals surface area contributed by atoms with Crippen LogP contribution < -0.4 is 10.6 Å². The number of aryl methyl sites for hydroxylation is 1. The molecule has 1 unspecified atom stereocenters. The van der Waals surface area contributed by atoms with Gasteiger partial charge in [-0.25, -0.2) is 9.59 Å².